The number of ether oxygens (including phenoxy) is 2. The lowest BCUT2D eigenvalue weighted by molar-refractivity contribution is -0.274. The number of anilines is 2. The Morgan fingerprint density at radius 2 is 1.85 bits per heavy atom. The van der Waals surface area contributed by atoms with Crippen molar-refractivity contribution >= 4 is 52.4 Å². The summed E-state index contributed by atoms with van der Waals surface area (Å²) in [5.41, 5.74) is 4.29. The Hall–Kier alpha value is -5.11. The molecule has 3 aromatic carbocycles. The molecule has 0 saturated carbocycles. The van der Waals surface area contributed by atoms with E-state index in [1.807, 2.05) is 39.0 Å². The van der Waals surface area contributed by atoms with Gasteiger partial charge in [0.05, 0.1) is 24.2 Å². The first kappa shape index (κ1) is 32.3. The van der Waals surface area contributed by atoms with Crippen LogP contribution in [-0.2, 0) is 4.79 Å². The second-order valence-electron chi connectivity index (χ2n) is 10.4. The van der Waals surface area contributed by atoms with Gasteiger partial charge in [0.1, 0.15) is 17.8 Å². The van der Waals surface area contributed by atoms with E-state index in [1.54, 1.807) is 30.4 Å². The van der Waals surface area contributed by atoms with E-state index in [9.17, 15) is 22.8 Å². The van der Waals surface area contributed by atoms with Gasteiger partial charge in [-0.1, -0.05) is 37.7 Å². The van der Waals surface area contributed by atoms with Crippen molar-refractivity contribution < 1.29 is 32.2 Å². The lowest BCUT2D eigenvalue weighted by Gasteiger charge is -2.22. The van der Waals surface area contributed by atoms with Crippen LogP contribution >= 0.6 is 11.8 Å². The summed E-state index contributed by atoms with van der Waals surface area (Å²) in [5, 5.41) is 7.37. The monoisotopic (exact) mass is 650 g/mol. The molecule has 1 fully saturated rings. The number of nitrogens with one attached hydrogen (secondary N) is 1. The number of benzene rings is 3. The van der Waals surface area contributed by atoms with Gasteiger partial charge in [0.25, 0.3) is 0 Å². The van der Waals surface area contributed by atoms with E-state index in [-0.39, 0.29) is 23.3 Å². The number of methoxy groups -OCH3 is 1. The summed E-state index contributed by atoms with van der Waals surface area (Å²) < 4.78 is 48.1. The molecule has 0 atom stereocenters. The standard InChI is InChI=1S/C32H29F3N6O4S/c1-19(2)25-13-5-20(3)15-26(25)41-29(42)17-46-31(41)38-30(43)37-22-8-6-21(27(16-22)44-4)7-14-28-36-18-40(39-28)23-9-11-24(12-10-23)45-32(33,34)35/h5-16,18-19H,17H2,1-4H3,(H,37,43). The van der Waals surface area contributed by atoms with Crippen molar-refractivity contribution in [2.45, 2.75) is 33.1 Å². The first-order valence-electron chi connectivity index (χ1n) is 14.0. The van der Waals surface area contributed by atoms with E-state index < -0.39 is 12.4 Å². The van der Waals surface area contributed by atoms with Crippen molar-refractivity contribution in [3.8, 4) is 17.2 Å². The Morgan fingerprint density at radius 3 is 2.54 bits per heavy atom. The van der Waals surface area contributed by atoms with Gasteiger partial charge in [-0.15, -0.1) is 18.3 Å². The number of hydrogen-bond donors (Lipinski definition) is 1. The molecule has 0 bridgehead atoms. The van der Waals surface area contributed by atoms with E-state index >= 15 is 0 Å². The van der Waals surface area contributed by atoms with Gasteiger partial charge in [-0.3, -0.25) is 9.69 Å². The number of alkyl halides is 3. The predicted molar refractivity (Wildman–Crippen MR) is 172 cm³/mol. The summed E-state index contributed by atoms with van der Waals surface area (Å²) in [5.74, 6) is 0.659. The molecule has 238 valence electrons. The normalized spacial score (nSPS) is 14.5. The Labute approximate surface area is 266 Å². The summed E-state index contributed by atoms with van der Waals surface area (Å²) in [6, 6.07) is 15.5. The number of halogens is 3. The molecule has 1 aliphatic rings. The van der Waals surface area contributed by atoms with Crippen LogP contribution in [0.2, 0.25) is 0 Å². The number of aryl methyl sites for hydroxylation is 1. The number of amidine groups is 1. The minimum Gasteiger partial charge on any atom is -0.496 e. The van der Waals surface area contributed by atoms with Crippen molar-refractivity contribution in [1.29, 1.82) is 0 Å². The predicted octanol–water partition coefficient (Wildman–Crippen LogP) is 7.44. The Balaban J connectivity index is 1.28. The molecular formula is C32H29F3N6O4S. The fraction of sp³-hybridized carbons (Fsp3) is 0.219. The third-order valence-electron chi connectivity index (χ3n) is 6.75. The van der Waals surface area contributed by atoms with Crippen LogP contribution in [0.4, 0.5) is 29.3 Å². The molecule has 0 radical (unpaired) electrons. The van der Waals surface area contributed by atoms with Crippen LogP contribution in [0.1, 0.15) is 42.3 Å². The molecule has 1 aromatic heterocycles. The number of aliphatic imine (C=N–C) groups is 1. The number of thioether (sulfide) groups is 1. The van der Waals surface area contributed by atoms with Crippen molar-refractivity contribution in [2.24, 2.45) is 4.99 Å². The third kappa shape index (κ3) is 7.75. The van der Waals surface area contributed by atoms with Crippen molar-refractivity contribution in [2.75, 3.05) is 23.1 Å². The highest BCUT2D eigenvalue weighted by atomic mass is 32.2. The molecule has 0 aliphatic carbocycles. The second kappa shape index (κ2) is 13.5. The highest BCUT2D eigenvalue weighted by Gasteiger charge is 2.33. The quantitative estimate of drug-likeness (QED) is 0.211. The minimum absolute atomic E-state index is 0.144. The maximum absolute atomic E-state index is 13.0. The number of urea groups is 1. The van der Waals surface area contributed by atoms with E-state index in [2.05, 4.69) is 25.1 Å². The molecule has 1 saturated heterocycles. The molecular weight excluding hydrogens is 621 g/mol. The summed E-state index contributed by atoms with van der Waals surface area (Å²) >= 11 is 1.21. The maximum atomic E-state index is 13.0. The largest absolute Gasteiger partial charge is 0.573 e. The number of carbonyl (C=O) groups is 2. The van der Waals surface area contributed by atoms with Gasteiger partial charge < -0.3 is 14.8 Å². The van der Waals surface area contributed by atoms with Gasteiger partial charge in [-0.05, 0) is 78.6 Å². The zero-order chi connectivity index (χ0) is 33.0. The van der Waals surface area contributed by atoms with Crippen LogP contribution in [0.25, 0.3) is 17.8 Å². The van der Waals surface area contributed by atoms with Crippen molar-refractivity contribution in [3.63, 3.8) is 0 Å². The van der Waals surface area contributed by atoms with Crippen LogP contribution in [-0.4, -0.2) is 51.1 Å². The van der Waals surface area contributed by atoms with E-state index in [1.165, 1.54) is 59.0 Å². The average Bonchev–Trinajstić information content (AvgIpc) is 3.62. The highest BCUT2D eigenvalue weighted by molar-refractivity contribution is 8.15. The van der Waals surface area contributed by atoms with E-state index in [0.29, 0.717) is 33.7 Å². The molecule has 0 unspecified atom stereocenters. The number of carbonyl (C=O) groups excluding carboxylic acids is 2. The number of nitrogens with zero attached hydrogens (tertiary/aromatic N) is 5. The molecule has 2 heterocycles. The Kier molecular flexibility index (Phi) is 9.46. The number of rotatable bonds is 8. The van der Waals surface area contributed by atoms with Gasteiger partial charge >= 0.3 is 12.4 Å². The maximum Gasteiger partial charge on any atom is 0.573 e. The Morgan fingerprint density at radius 1 is 1.09 bits per heavy atom. The first-order valence-corrected chi connectivity index (χ1v) is 15.0. The number of amides is 3. The van der Waals surface area contributed by atoms with Gasteiger partial charge in [0.2, 0.25) is 5.91 Å². The second-order valence-corrected chi connectivity index (χ2v) is 11.4. The molecule has 10 nitrogen and oxygen atoms in total. The first-order chi connectivity index (χ1) is 21.9. The van der Waals surface area contributed by atoms with Gasteiger partial charge in [0.15, 0.2) is 11.0 Å². The van der Waals surface area contributed by atoms with Gasteiger partial charge in [0, 0.05) is 17.3 Å². The summed E-state index contributed by atoms with van der Waals surface area (Å²) in [4.78, 5) is 35.7. The summed E-state index contributed by atoms with van der Waals surface area (Å²) in [6.45, 7) is 6.04. The van der Waals surface area contributed by atoms with Crippen molar-refractivity contribution in [3.05, 3.63) is 89.5 Å². The van der Waals surface area contributed by atoms with Crippen molar-refractivity contribution in [1.82, 2.24) is 14.8 Å². The van der Waals surface area contributed by atoms with Gasteiger partial charge in [-0.25, -0.2) is 14.5 Å². The minimum atomic E-state index is -4.77. The summed E-state index contributed by atoms with van der Waals surface area (Å²) in [6.07, 6.45) is 0.0112. The van der Waals surface area contributed by atoms with E-state index in [0.717, 1.165) is 16.8 Å². The molecule has 1 aliphatic heterocycles. The number of hydrogen-bond acceptors (Lipinski definition) is 7. The molecule has 0 spiro atoms. The highest BCUT2D eigenvalue weighted by Crippen LogP contribution is 2.34. The molecule has 1 N–H and O–H groups in total. The Bertz CT molecular complexity index is 1820. The number of aromatic nitrogens is 3. The van der Waals surface area contributed by atoms with Gasteiger partial charge in [-0.2, -0.15) is 4.99 Å². The van der Waals surface area contributed by atoms with Crippen LogP contribution in [0, 0.1) is 6.92 Å². The third-order valence-corrected chi connectivity index (χ3v) is 7.68. The average molecular weight is 651 g/mol. The molecule has 5 rings (SSSR count). The zero-order valence-corrected chi connectivity index (χ0v) is 26.0. The molecule has 4 aromatic rings. The van der Waals surface area contributed by atoms with Crippen LogP contribution in [0.3, 0.4) is 0 Å². The lowest BCUT2D eigenvalue weighted by atomic mass is 9.99. The topological polar surface area (TPSA) is 111 Å². The fourth-order valence-electron chi connectivity index (χ4n) is 4.62. The fourth-order valence-corrected chi connectivity index (χ4v) is 5.48. The molecule has 14 heteroatoms. The molecule has 3 amide bonds. The van der Waals surface area contributed by atoms with E-state index in [4.69, 9.17) is 4.74 Å². The SMILES string of the molecule is COc1cc(NC(=O)N=C2SCC(=O)N2c2cc(C)ccc2C(C)C)ccc1C=Cc1ncn(-c2ccc(OC(F)(F)F)cc2)n1. The summed E-state index contributed by atoms with van der Waals surface area (Å²) in [7, 11) is 1.49. The lowest BCUT2D eigenvalue weighted by Crippen LogP contribution is -2.31. The smallest absolute Gasteiger partial charge is 0.496 e. The zero-order valence-electron chi connectivity index (χ0n) is 25.2. The van der Waals surface area contributed by atoms with Crippen LogP contribution in [0.15, 0.2) is 72.0 Å². The van der Waals surface area contributed by atoms with Crippen LogP contribution < -0.4 is 19.7 Å². The molecule has 46 heavy (non-hydrogen) atoms. The van der Waals surface area contributed by atoms with Crippen LogP contribution in [0.5, 0.6) is 11.5 Å².